The van der Waals surface area contributed by atoms with Crippen molar-refractivity contribution in [2.45, 2.75) is 50.4 Å². The zero-order valence-electron chi connectivity index (χ0n) is 69.0. The smallest absolute Gasteiger partial charge is 0.0714 e. The maximum atomic E-state index is 4.38. The molecule has 21 rings (SSSR count). The molecule has 0 fully saturated rings. The van der Waals surface area contributed by atoms with Crippen LogP contribution in [0.15, 0.2) is 461 Å². The van der Waals surface area contributed by atoms with E-state index < -0.39 is 10.8 Å². The van der Waals surface area contributed by atoms with E-state index in [9.17, 15) is 0 Å². The summed E-state index contributed by atoms with van der Waals surface area (Å²) in [5.74, 6) is 0. The predicted molar refractivity (Wildman–Crippen MR) is 514 cm³/mol. The van der Waals surface area contributed by atoms with Crippen LogP contribution in [0.2, 0.25) is 0 Å². The number of anilines is 6. The molecule has 580 valence electrons. The van der Waals surface area contributed by atoms with Crippen molar-refractivity contribution in [2.24, 2.45) is 0 Å². The van der Waals surface area contributed by atoms with Crippen molar-refractivity contribution in [1.29, 1.82) is 0 Å². The van der Waals surface area contributed by atoms with Gasteiger partial charge in [0.25, 0.3) is 0 Å². The minimum absolute atomic E-state index is 0.278. The second-order valence-corrected chi connectivity index (χ2v) is 33.5. The number of fused-ring (bicyclic) bond motifs is 8. The number of nitrogens with zero attached hydrogens (tertiary/aromatic N) is 2. The van der Waals surface area contributed by atoms with Crippen molar-refractivity contribution < 1.29 is 0 Å². The standard InChI is InChI=1S/C120H90N2/c1-6-26-106-107-72-67-101(78-113(107)118(4,5)112(106)7-2)122(100-65-51-89(52-66-100)85-29-15-9-16-30-85)103-69-74-111-109-71-56-93(105-40-25-34-91-33-23-24-39-104(91)105)77-115(109)120(117(111)80-103,95-37-21-12-22-38-95)97-59-45-83(46-60-97)75-82-43-47-87(48-44-82)90-53-63-99(64-54-90)121(98-61-49-88(50-62-98)84-27-13-8-14-28-84)102-68-73-110-108-70-55-92(86-31-17-10-18-32-86)76-114(108)119(116(110)79-102,94-35-19-11-20-36-94)96-57-41-81(3)42-58-96/h6-74,76-80H,2,75H2,1,3-5H3/b26-6-. The van der Waals surface area contributed by atoms with Crippen LogP contribution in [-0.4, -0.2) is 0 Å². The van der Waals surface area contributed by atoms with Crippen LogP contribution in [0.4, 0.5) is 34.1 Å². The molecular formula is C120H90N2. The molecule has 0 aromatic heterocycles. The van der Waals surface area contributed by atoms with E-state index in [0.717, 1.165) is 51.7 Å². The van der Waals surface area contributed by atoms with Gasteiger partial charge in [0, 0.05) is 39.5 Å². The lowest BCUT2D eigenvalue weighted by atomic mass is 9.67. The lowest BCUT2D eigenvalue weighted by Gasteiger charge is -2.35. The summed E-state index contributed by atoms with van der Waals surface area (Å²) in [6.07, 6.45) is 7.23. The van der Waals surface area contributed by atoms with E-state index in [0.29, 0.717) is 0 Å². The second-order valence-electron chi connectivity index (χ2n) is 33.5. The molecule has 0 saturated carbocycles. The molecular weight excluding hydrogens is 1470 g/mol. The number of hydrogen-bond acceptors (Lipinski definition) is 2. The molecule has 3 aliphatic carbocycles. The van der Waals surface area contributed by atoms with Crippen LogP contribution in [-0.2, 0) is 22.7 Å². The van der Waals surface area contributed by atoms with Crippen molar-refractivity contribution in [1.82, 2.24) is 0 Å². The minimum atomic E-state index is -0.743. The van der Waals surface area contributed by atoms with E-state index in [4.69, 9.17) is 0 Å². The summed E-state index contributed by atoms with van der Waals surface area (Å²) < 4.78 is 0. The molecule has 18 aromatic carbocycles. The summed E-state index contributed by atoms with van der Waals surface area (Å²) in [7, 11) is 0. The Morgan fingerprint density at radius 2 is 0.598 bits per heavy atom. The SMILES string of the molecule is C=CC1=C(/C=C\C)c2ccc(N(c3ccc(-c4ccccc4)cc3)c3ccc4c(c3)C(c3ccccc3)(c3ccc(Cc5ccc(-c6ccc(N(c7ccc(-c8ccccc8)cc7)c7ccc8c(c7)C(c7ccccc7)(c7ccc(C)cc7)c7cc(-c9ccccc9)ccc7-8)cc6)cc5)cc3)c3cc(-c5cccc6ccccc56)ccc3-4)cc2C1(C)C. The molecule has 0 aliphatic heterocycles. The van der Waals surface area contributed by atoms with E-state index in [1.165, 1.54) is 161 Å². The molecule has 0 N–H and O–H groups in total. The number of allylic oxidation sites excluding steroid dienone is 5. The van der Waals surface area contributed by atoms with Crippen molar-refractivity contribution in [2.75, 3.05) is 9.80 Å². The molecule has 2 heteroatoms. The summed E-state index contributed by atoms with van der Waals surface area (Å²) >= 11 is 0. The zero-order valence-corrected chi connectivity index (χ0v) is 69.0. The number of benzene rings is 18. The largest absolute Gasteiger partial charge is 0.310 e. The monoisotopic (exact) mass is 1560 g/mol. The maximum absolute atomic E-state index is 4.38. The van der Waals surface area contributed by atoms with E-state index in [2.05, 4.69) is 493 Å². The molecule has 0 heterocycles. The van der Waals surface area contributed by atoms with Crippen LogP contribution in [0.5, 0.6) is 0 Å². The van der Waals surface area contributed by atoms with E-state index in [1.807, 2.05) is 0 Å². The fourth-order valence-electron chi connectivity index (χ4n) is 20.4. The van der Waals surface area contributed by atoms with Crippen LogP contribution in [0.1, 0.15) is 93.1 Å². The highest BCUT2D eigenvalue weighted by molar-refractivity contribution is 6.00. The summed E-state index contributed by atoms with van der Waals surface area (Å²) in [6, 6.07) is 162. The fraction of sp³-hybridized carbons (Fsp3) is 0.0667. The summed E-state index contributed by atoms with van der Waals surface area (Å²) in [6.45, 7) is 13.3. The first-order chi connectivity index (χ1) is 60.0. The first kappa shape index (κ1) is 74.6. The number of rotatable bonds is 19. The average Bonchev–Trinajstić information content (AvgIpc) is 1.53. The second kappa shape index (κ2) is 30.8. The Morgan fingerprint density at radius 3 is 1.07 bits per heavy atom. The van der Waals surface area contributed by atoms with Gasteiger partial charge in [0.2, 0.25) is 0 Å². The molecule has 0 radical (unpaired) electrons. The van der Waals surface area contributed by atoms with Crippen LogP contribution in [0, 0.1) is 6.92 Å². The van der Waals surface area contributed by atoms with Gasteiger partial charge in [-0.3, -0.25) is 0 Å². The minimum Gasteiger partial charge on any atom is -0.310 e. The Morgan fingerprint density at radius 1 is 0.270 bits per heavy atom. The Balaban J connectivity index is 0.645. The molecule has 3 aliphatic rings. The van der Waals surface area contributed by atoms with Crippen molar-refractivity contribution in [3.8, 4) is 77.9 Å². The molecule has 0 spiro atoms. The van der Waals surface area contributed by atoms with Gasteiger partial charge in [0.05, 0.1) is 10.8 Å². The van der Waals surface area contributed by atoms with Gasteiger partial charge >= 0.3 is 0 Å². The highest BCUT2D eigenvalue weighted by atomic mass is 15.1. The first-order valence-corrected chi connectivity index (χ1v) is 42.7. The number of aryl methyl sites for hydroxylation is 1. The van der Waals surface area contributed by atoms with E-state index in [1.54, 1.807) is 0 Å². The molecule has 2 unspecified atom stereocenters. The van der Waals surface area contributed by atoms with Gasteiger partial charge in [-0.2, -0.15) is 0 Å². The van der Waals surface area contributed by atoms with Crippen LogP contribution in [0.3, 0.4) is 0 Å². The number of hydrogen-bond donors (Lipinski definition) is 0. The normalized spacial score (nSPS) is 15.2. The van der Waals surface area contributed by atoms with Crippen molar-refractivity contribution >= 4 is 50.5 Å². The Kier molecular flexibility index (Phi) is 18.8. The highest BCUT2D eigenvalue weighted by Crippen LogP contribution is 2.61. The summed E-state index contributed by atoms with van der Waals surface area (Å²) in [5, 5.41) is 2.46. The molecule has 0 amide bonds. The Bertz CT molecular complexity index is 7060. The van der Waals surface area contributed by atoms with Gasteiger partial charge in [0.1, 0.15) is 0 Å². The average molecular weight is 1560 g/mol. The summed E-state index contributed by atoms with van der Waals surface area (Å²) in [4.78, 5) is 4.92. The van der Waals surface area contributed by atoms with Gasteiger partial charge in [-0.15, -0.1) is 0 Å². The predicted octanol–water partition coefficient (Wildman–Crippen LogP) is 31.5. The lowest BCUT2D eigenvalue weighted by molar-refractivity contribution is 0.654. The molecule has 2 nitrogen and oxygen atoms in total. The van der Waals surface area contributed by atoms with E-state index in [-0.39, 0.29) is 5.41 Å². The fourth-order valence-corrected chi connectivity index (χ4v) is 20.4. The first-order valence-electron chi connectivity index (χ1n) is 42.7. The third kappa shape index (κ3) is 12.6. The quantitative estimate of drug-likeness (QED) is 0.0796. The van der Waals surface area contributed by atoms with Crippen LogP contribution in [0.25, 0.3) is 94.2 Å². The highest BCUT2D eigenvalue weighted by Gasteiger charge is 2.49. The van der Waals surface area contributed by atoms with Gasteiger partial charge in [-0.05, 0) is 272 Å². The van der Waals surface area contributed by atoms with Gasteiger partial charge in [-0.25, -0.2) is 0 Å². The van der Waals surface area contributed by atoms with Gasteiger partial charge in [0.15, 0.2) is 0 Å². The van der Waals surface area contributed by atoms with Gasteiger partial charge in [-0.1, -0.05) is 390 Å². The van der Waals surface area contributed by atoms with Gasteiger partial charge < -0.3 is 9.80 Å². The molecule has 0 saturated heterocycles. The Hall–Kier alpha value is -15.0. The molecule has 2 atom stereocenters. The molecule has 122 heavy (non-hydrogen) atoms. The topological polar surface area (TPSA) is 6.48 Å². The Labute approximate surface area is 717 Å². The van der Waals surface area contributed by atoms with Crippen LogP contribution < -0.4 is 9.80 Å². The lowest BCUT2D eigenvalue weighted by Crippen LogP contribution is -2.29. The third-order valence-electron chi connectivity index (χ3n) is 26.3. The third-order valence-corrected chi connectivity index (χ3v) is 26.3. The zero-order chi connectivity index (χ0) is 82.0. The van der Waals surface area contributed by atoms with E-state index >= 15 is 0 Å². The van der Waals surface area contributed by atoms with Crippen molar-refractivity contribution in [3.63, 3.8) is 0 Å². The summed E-state index contributed by atoms with van der Waals surface area (Å²) in [5.41, 5.74) is 40.2. The molecule has 18 aromatic rings. The maximum Gasteiger partial charge on any atom is 0.0714 e. The molecule has 0 bridgehead atoms. The van der Waals surface area contributed by atoms with Crippen molar-refractivity contribution in [3.05, 3.63) is 533 Å². The van der Waals surface area contributed by atoms with Crippen LogP contribution >= 0.6 is 0 Å².